The predicted octanol–water partition coefficient (Wildman–Crippen LogP) is 4.74. The van der Waals surface area contributed by atoms with Crippen LogP contribution in [0.4, 0.5) is 0 Å². The molecule has 2 unspecified atom stereocenters. The summed E-state index contributed by atoms with van der Waals surface area (Å²) >= 11 is 9.85. The molecule has 0 radical (unpaired) electrons. The molecule has 1 aromatic rings. The van der Waals surface area contributed by atoms with E-state index in [1.165, 1.54) is 18.4 Å². The molecule has 1 aliphatic heterocycles. The van der Waals surface area contributed by atoms with Crippen molar-refractivity contribution in [2.24, 2.45) is 0 Å². The molecule has 1 saturated heterocycles. The molecule has 2 rings (SSSR count). The molecule has 0 bridgehead atoms. The van der Waals surface area contributed by atoms with E-state index in [1.54, 1.807) is 7.11 Å². The van der Waals surface area contributed by atoms with Gasteiger partial charge in [0, 0.05) is 11.4 Å². The normalized spacial score (nSPS) is 20.9. The molecule has 1 heterocycles. The Kier molecular flexibility index (Phi) is 5.34. The third-order valence-electron chi connectivity index (χ3n) is 3.30. The Labute approximate surface area is 122 Å². The lowest BCUT2D eigenvalue weighted by Gasteiger charge is -2.14. The fourth-order valence-corrected chi connectivity index (χ4v) is 3.06. The summed E-state index contributed by atoms with van der Waals surface area (Å²) in [5, 5.41) is 0.663. The topological polar surface area (TPSA) is 18.5 Å². The lowest BCUT2D eigenvalue weighted by atomic mass is 10.0. The SMILES string of the molecule is COc1ccc(C(Br)CCC2CCCO2)cc1Cl. The van der Waals surface area contributed by atoms with Gasteiger partial charge in [-0.05, 0) is 43.4 Å². The van der Waals surface area contributed by atoms with Gasteiger partial charge in [0.25, 0.3) is 0 Å². The molecule has 100 valence electrons. The van der Waals surface area contributed by atoms with Crippen LogP contribution in [-0.2, 0) is 4.74 Å². The smallest absolute Gasteiger partial charge is 0.137 e. The molecule has 4 heteroatoms. The average molecular weight is 334 g/mol. The molecule has 2 nitrogen and oxygen atoms in total. The summed E-state index contributed by atoms with van der Waals surface area (Å²) in [5.74, 6) is 0.722. The molecule has 0 aliphatic carbocycles. The van der Waals surface area contributed by atoms with E-state index in [2.05, 4.69) is 22.0 Å². The highest BCUT2D eigenvalue weighted by atomic mass is 79.9. The zero-order valence-corrected chi connectivity index (χ0v) is 12.8. The van der Waals surface area contributed by atoms with Crippen molar-refractivity contribution in [1.29, 1.82) is 0 Å². The minimum atomic E-state index is 0.324. The third kappa shape index (κ3) is 3.62. The first-order valence-corrected chi connectivity index (χ1v) is 7.59. The van der Waals surface area contributed by atoms with Gasteiger partial charge in [-0.2, -0.15) is 0 Å². The molecular weight excluding hydrogens is 316 g/mol. The van der Waals surface area contributed by atoms with Gasteiger partial charge < -0.3 is 9.47 Å². The van der Waals surface area contributed by atoms with Crippen LogP contribution in [0.15, 0.2) is 18.2 Å². The summed E-state index contributed by atoms with van der Waals surface area (Å²) < 4.78 is 10.8. The Morgan fingerprint density at radius 3 is 3.00 bits per heavy atom. The van der Waals surface area contributed by atoms with Crippen molar-refractivity contribution in [3.05, 3.63) is 28.8 Å². The van der Waals surface area contributed by atoms with Crippen molar-refractivity contribution in [2.45, 2.75) is 36.6 Å². The Balaban J connectivity index is 1.91. The van der Waals surface area contributed by atoms with E-state index in [1.807, 2.05) is 12.1 Å². The highest BCUT2D eigenvalue weighted by molar-refractivity contribution is 9.09. The van der Waals surface area contributed by atoms with Crippen LogP contribution in [0.3, 0.4) is 0 Å². The van der Waals surface area contributed by atoms with Gasteiger partial charge in [-0.15, -0.1) is 0 Å². The molecule has 0 aromatic heterocycles. The molecule has 18 heavy (non-hydrogen) atoms. The van der Waals surface area contributed by atoms with Crippen LogP contribution in [0, 0.1) is 0 Å². The number of alkyl halides is 1. The standard InChI is InChI=1S/C14H18BrClO2/c1-17-14-7-4-10(9-13(14)16)12(15)6-5-11-3-2-8-18-11/h4,7,9,11-12H,2-3,5-6,8H2,1H3. The van der Waals surface area contributed by atoms with Crippen molar-refractivity contribution in [1.82, 2.24) is 0 Å². The molecule has 1 fully saturated rings. The molecule has 1 aromatic carbocycles. The zero-order valence-electron chi connectivity index (χ0n) is 10.5. The van der Waals surface area contributed by atoms with Gasteiger partial charge in [-0.3, -0.25) is 0 Å². The van der Waals surface area contributed by atoms with Crippen molar-refractivity contribution >= 4 is 27.5 Å². The van der Waals surface area contributed by atoms with Crippen LogP contribution in [0.25, 0.3) is 0 Å². The summed E-state index contributed by atoms with van der Waals surface area (Å²) in [6.45, 7) is 0.923. The first kappa shape index (κ1) is 14.2. The number of hydrogen-bond acceptors (Lipinski definition) is 2. The lowest BCUT2D eigenvalue weighted by Crippen LogP contribution is -2.05. The van der Waals surface area contributed by atoms with Gasteiger partial charge in [0.15, 0.2) is 0 Å². The van der Waals surface area contributed by atoms with Crippen molar-refractivity contribution < 1.29 is 9.47 Å². The van der Waals surface area contributed by atoms with E-state index in [9.17, 15) is 0 Å². The fourth-order valence-electron chi connectivity index (χ4n) is 2.25. The Morgan fingerprint density at radius 2 is 2.39 bits per heavy atom. The third-order valence-corrected chi connectivity index (χ3v) is 4.59. The van der Waals surface area contributed by atoms with Gasteiger partial charge in [0.2, 0.25) is 0 Å². The summed E-state index contributed by atoms with van der Waals surface area (Å²) in [4.78, 5) is 0.324. The molecule has 0 amide bonds. The van der Waals surface area contributed by atoms with E-state index < -0.39 is 0 Å². The minimum Gasteiger partial charge on any atom is -0.495 e. The van der Waals surface area contributed by atoms with Crippen LogP contribution < -0.4 is 4.74 Å². The van der Waals surface area contributed by atoms with Crippen LogP contribution in [0.2, 0.25) is 5.02 Å². The average Bonchev–Trinajstić information content (AvgIpc) is 2.89. The first-order valence-electron chi connectivity index (χ1n) is 6.30. The summed E-state index contributed by atoms with van der Waals surface area (Å²) in [5.41, 5.74) is 1.19. The molecular formula is C14H18BrClO2. The van der Waals surface area contributed by atoms with Crippen LogP contribution >= 0.6 is 27.5 Å². The number of halogens is 2. The maximum absolute atomic E-state index is 6.13. The van der Waals surface area contributed by atoms with Crippen LogP contribution in [-0.4, -0.2) is 19.8 Å². The molecule has 0 spiro atoms. The number of ether oxygens (including phenoxy) is 2. The summed E-state index contributed by atoms with van der Waals surface area (Å²) in [6.07, 6.45) is 5.00. The highest BCUT2D eigenvalue weighted by Crippen LogP contribution is 2.34. The van der Waals surface area contributed by atoms with Gasteiger partial charge in [-0.1, -0.05) is 33.6 Å². The lowest BCUT2D eigenvalue weighted by molar-refractivity contribution is 0.102. The van der Waals surface area contributed by atoms with Crippen LogP contribution in [0.5, 0.6) is 5.75 Å². The molecule has 1 aliphatic rings. The quantitative estimate of drug-likeness (QED) is 0.724. The van der Waals surface area contributed by atoms with Gasteiger partial charge in [0.05, 0.1) is 18.2 Å². The number of benzene rings is 1. The Hall–Kier alpha value is -0.250. The van der Waals surface area contributed by atoms with E-state index in [-0.39, 0.29) is 0 Å². The summed E-state index contributed by atoms with van der Waals surface area (Å²) in [7, 11) is 1.63. The van der Waals surface area contributed by atoms with Crippen molar-refractivity contribution in [3.8, 4) is 5.75 Å². The number of rotatable bonds is 5. The zero-order chi connectivity index (χ0) is 13.0. The second kappa shape index (κ2) is 6.78. The Bertz CT molecular complexity index is 391. The van der Waals surface area contributed by atoms with E-state index >= 15 is 0 Å². The maximum Gasteiger partial charge on any atom is 0.137 e. The van der Waals surface area contributed by atoms with E-state index in [0.29, 0.717) is 16.0 Å². The fraction of sp³-hybridized carbons (Fsp3) is 0.571. The Morgan fingerprint density at radius 1 is 1.56 bits per heavy atom. The maximum atomic E-state index is 6.13. The molecule has 0 saturated carbocycles. The predicted molar refractivity (Wildman–Crippen MR) is 77.9 cm³/mol. The number of hydrogen-bond donors (Lipinski definition) is 0. The second-order valence-corrected chi connectivity index (χ2v) is 6.09. The van der Waals surface area contributed by atoms with Crippen LogP contribution in [0.1, 0.15) is 36.1 Å². The van der Waals surface area contributed by atoms with E-state index in [4.69, 9.17) is 21.1 Å². The van der Waals surface area contributed by atoms with Gasteiger partial charge in [-0.25, -0.2) is 0 Å². The molecule has 2 atom stereocenters. The summed E-state index contributed by atoms with van der Waals surface area (Å²) in [6, 6.07) is 5.94. The largest absolute Gasteiger partial charge is 0.495 e. The number of methoxy groups -OCH3 is 1. The van der Waals surface area contributed by atoms with Crippen molar-refractivity contribution in [2.75, 3.05) is 13.7 Å². The van der Waals surface area contributed by atoms with Crippen molar-refractivity contribution in [3.63, 3.8) is 0 Å². The van der Waals surface area contributed by atoms with Gasteiger partial charge in [0.1, 0.15) is 5.75 Å². The highest BCUT2D eigenvalue weighted by Gasteiger charge is 2.18. The first-order chi connectivity index (χ1) is 8.70. The minimum absolute atomic E-state index is 0.324. The van der Waals surface area contributed by atoms with E-state index in [0.717, 1.165) is 25.2 Å². The molecule has 0 N–H and O–H groups in total. The second-order valence-electron chi connectivity index (χ2n) is 4.57. The monoisotopic (exact) mass is 332 g/mol. The van der Waals surface area contributed by atoms with Gasteiger partial charge >= 0.3 is 0 Å².